The lowest BCUT2D eigenvalue weighted by atomic mass is 10.1. The summed E-state index contributed by atoms with van der Waals surface area (Å²) in [6.07, 6.45) is -7.51. The van der Waals surface area contributed by atoms with Gasteiger partial charge in [-0.05, 0) is 0 Å². The van der Waals surface area contributed by atoms with Crippen molar-refractivity contribution in [3.8, 4) is 5.75 Å². The van der Waals surface area contributed by atoms with E-state index in [9.17, 15) is 22.0 Å². The maximum Gasteiger partial charge on any atom is 0.437 e. The van der Waals surface area contributed by atoms with Crippen LogP contribution >= 0.6 is 0 Å². The number of rotatable bonds is 2. The molecule has 0 aliphatic carbocycles. The van der Waals surface area contributed by atoms with Crippen LogP contribution in [0.1, 0.15) is 17.7 Å². The molecule has 8 heteroatoms. The fourth-order valence-corrected chi connectivity index (χ4v) is 1.15. The third-order valence-corrected chi connectivity index (χ3v) is 1.79. The van der Waals surface area contributed by atoms with Gasteiger partial charge < -0.3 is 10.5 Å². The van der Waals surface area contributed by atoms with Gasteiger partial charge in [0.05, 0.1) is 24.6 Å². The molecule has 0 saturated heterocycles. The molecule has 0 bridgehead atoms. The summed E-state index contributed by atoms with van der Waals surface area (Å²) in [5.41, 5.74) is 2.07. The maximum atomic E-state index is 12.5. The maximum absolute atomic E-state index is 12.5. The summed E-state index contributed by atoms with van der Waals surface area (Å²) < 4.78 is 66.4. The van der Waals surface area contributed by atoms with Crippen LogP contribution < -0.4 is 10.5 Å². The van der Waals surface area contributed by atoms with Crippen molar-refractivity contribution in [2.24, 2.45) is 0 Å². The summed E-state index contributed by atoms with van der Waals surface area (Å²) in [5, 5.41) is 0. The van der Waals surface area contributed by atoms with Crippen molar-refractivity contribution < 1.29 is 26.7 Å². The van der Waals surface area contributed by atoms with Crippen molar-refractivity contribution in [3.05, 3.63) is 17.5 Å². The monoisotopic (exact) mass is 242 g/mol. The first-order chi connectivity index (χ1) is 7.29. The number of nitrogen functional groups attached to an aromatic ring is 1. The highest BCUT2D eigenvalue weighted by Gasteiger charge is 2.39. The minimum absolute atomic E-state index is 0.535. The van der Waals surface area contributed by atoms with Gasteiger partial charge >= 0.3 is 6.18 Å². The number of nitrogens with zero attached hydrogens (tertiary/aromatic N) is 1. The molecule has 2 N–H and O–H groups in total. The van der Waals surface area contributed by atoms with Gasteiger partial charge in [-0.1, -0.05) is 0 Å². The van der Waals surface area contributed by atoms with E-state index in [0.29, 0.717) is 6.20 Å². The van der Waals surface area contributed by atoms with E-state index >= 15 is 0 Å². The van der Waals surface area contributed by atoms with Crippen LogP contribution in [0.5, 0.6) is 5.75 Å². The molecule has 0 aromatic carbocycles. The Labute approximate surface area is 87.0 Å². The first kappa shape index (κ1) is 12.5. The molecule has 90 valence electrons. The zero-order valence-corrected chi connectivity index (χ0v) is 7.98. The van der Waals surface area contributed by atoms with Crippen molar-refractivity contribution in [2.75, 3.05) is 12.8 Å². The first-order valence-corrected chi connectivity index (χ1v) is 3.96. The second kappa shape index (κ2) is 4.11. The number of ether oxygens (including phenoxy) is 1. The van der Waals surface area contributed by atoms with Crippen LogP contribution in [0.2, 0.25) is 0 Å². The van der Waals surface area contributed by atoms with Crippen molar-refractivity contribution in [2.45, 2.75) is 12.6 Å². The minimum atomic E-state index is -4.87. The molecule has 16 heavy (non-hydrogen) atoms. The van der Waals surface area contributed by atoms with Gasteiger partial charge in [0.2, 0.25) is 0 Å². The summed E-state index contributed by atoms with van der Waals surface area (Å²) in [6, 6.07) is 0. The van der Waals surface area contributed by atoms with E-state index in [1.165, 1.54) is 0 Å². The Morgan fingerprint density at radius 2 is 1.94 bits per heavy atom. The number of hydrogen-bond donors (Lipinski definition) is 1. The van der Waals surface area contributed by atoms with Crippen LogP contribution in [0.3, 0.4) is 0 Å². The zero-order chi connectivity index (χ0) is 12.5. The van der Waals surface area contributed by atoms with Gasteiger partial charge in [-0.2, -0.15) is 13.2 Å². The Morgan fingerprint density at radius 1 is 1.38 bits per heavy atom. The van der Waals surface area contributed by atoms with Gasteiger partial charge in [0.15, 0.2) is 11.4 Å². The minimum Gasteiger partial charge on any atom is -0.494 e. The van der Waals surface area contributed by atoms with Crippen LogP contribution in [0.4, 0.5) is 27.6 Å². The predicted molar refractivity (Wildman–Crippen MR) is 45.2 cm³/mol. The van der Waals surface area contributed by atoms with E-state index in [1.54, 1.807) is 0 Å². The number of alkyl halides is 5. The van der Waals surface area contributed by atoms with Gasteiger partial charge in [-0.15, -0.1) is 0 Å². The van der Waals surface area contributed by atoms with E-state index in [0.717, 1.165) is 7.11 Å². The molecule has 0 fully saturated rings. The van der Waals surface area contributed by atoms with Crippen molar-refractivity contribution >= 4 is 5.69 Å². The lowest BCUT2D eigenvalue weighted by Gasteiger charge is -2.15. The van der Waals surface area contributed by atoms with E-state index in [4.69, 9.17) is 5.73 Å². The molecule has 1 heterocycles. The Kier molecular flexibility index (Phi) is 3.20. The van der Waals surface area contributed by atoms with Crippen LogP contribution in [0.25, 0.3) is 0 Å². The summed E-state index contributed by atoms with van der Waals surface area (Å²) in [4.78, 5) is 2.96. The molecule has 1 aromatic rings. The molecule has 0 amide bonds. The number of halogens is 5. The highest BCUT2D eigenvalue weighted by Crippen LogP contribution is 2.41. The summed E-state index contributed by atoms with van der Waals surface area (Å²) in [5.74, 6) is -1.04. The van der Waals surface area contributed by atoms with E-state index in [-0.39, 0.29) is 0 Å². The Bertz CT molecular complexity index is 391. The largest absolute Gasteiger partial charge is 0.494 e. The Morgan fingerprint density at radius 3 is 2.31 bits per heavy atom. The van der Waals surface area contributed by atoms with Crippen LogP contribution in [-0.4, -0.2) is 12.1 Å². The quantitative estimate of drug-likeness (QED) is 0.811. The van der Waals surface area contributed by atoms with Crippen molar-refractivity contribution in [1.82, 2.24) is 4.98 Å². The summed E-state index contributed by atoms with van der Waals surface area (Å²) >= 11 is 0. The standard InChI is InChI=1S/C8H7F5N2O/c1-16-5-4(7(9)10)3(14)2-15-6(5)8(11,12)13/h2,7H,14H2,1H3. The highest BCUT2D eigenvalue weighted by molar-refractivity contribution is 5.55. The Balaban J connectivity index is 3.49. The third-order valence-electron chi connectivity index (χ3n) is 1.79. The normalized spacial score (nSPS) is 11.9. The molecular formula is C8H7F5N2O. The van der Waals surface area contributed by atoms with E-state index in [2.05, 4.69) is 9.72 Å². The number of hydrogen-bond acceptors (Lipinski definition) is 3. The smallest absolute Gasteiger partial charge is 0.437 e. The summed E-state index contributed by atoms with van der Waals surface area (Å²) in [7, 11) is 0.845. The van der Waals surface area contributed by atoms with Crippen molar-refractivity contribution in [1.29, 1.82) is 0 Å². The number of pyridine rings is 1. The number of nitrogens with two attached hydrogens (primary N) is 1. The Hall–Kier alpha value is -1.60. The molecule has 0 radical (unpaired) electrons. The average Bonchev–Trinajstić information content (AvgIpc) is 2.14. The SMILES string of the molecule is COc1c(C(F)(F)F)ncc(N)c1C(F)F. The van der Waals surface area contributed by atoms with E-state index < -0.39 is 35.3 Å². The molecular weight excluding hydrogens is 235 g/mol. The molecule has 0 unspecified atom stereocenters. The molecule has 0 spiro atoms. The van der Waals surface area contributed by atoms with E-state index in [1.807, 2.05) is 0 Å². The predicted octanol–water partition coefficient (Wildman–Crippen LogP) is 2.63. The van der Waals surface area contributed by atoms with Crippen LogP contribution in [-0.2, 0) is 6.18 Å². The number of aromatic nitrogens is 1. The highest BCUT2D eigenvalue weighted by atomic mass is 19.4. The molecule has 0 atom stereocenters. The lowest BCUT2D eigenvalue weighted by molar-refractivity contribution is -0.142. The number of methoxy groups -OCH3 is 1. The third kappa shape index (κ3) is 2.15. The molecule has 3 nitrogen and oxygen atoms in total. The van der Waals surface area contributed by atoms with Gasteiger partial charge in [0, 0.05) is 0 Å². The van der Waals surface area contributed by atoms with Gasteiger partial charge in [-0.25, -0.2) is 13.8 Å². The van der Waals surface area contributed by atoms with Gasteiger partial charge in [0.1, 0.15) is 0 Å². The number of anilines is 1. The fraction of sp³-hybridized carbons (Fsp3) is 0.375. The first-order valence-electron chi connectivity index (χ1n) is 3.96. The fourth-order valence-electron chi connectivity index (χ4n) is 1.15. The second-order valence-electron chi connectivity index (χ2n) is 2.81. The molecule has 1 aromatic heterocycles. The average molecular weight is 242 g/mol. The van der Waals surface area contributed by atoms with Crippen LogP contribution in [0, 0.1) is 0 Å². The molecule has 0 aliphatic heterocycles. The van der Waals surface area contributed by atoms with Gasteiger partial charge in [-0.3, -0.25) is 0 Å². The zero-order valence-electron chi connectivity index (χ0n) is 7.98. The molecule has 0 aliphatic rings. The topological polar surface area (TPSA) is 48.1 Å². The lowest BCUT2D eigenvalue weighted by Crippen LogP contribution is -2.13. The summed E-state index contributed by atoms with van der Waals surface area (Å²) in [6.45, 7) is 0. The van der Waals surface area contributed by atoms with Crippen molar-refractivity contribution in [3.63, 3.8) is 0 Å². The molecule has 1 rings (SSSR count). The second-order valence-corrected chi connectivity index (χ2v) is 2.81. The van der Waals surface area contributed by atoms with Gasteiger partial charge in [0.25, 0.3) is 6.43 Å². The van der Waals surface area contributed by atoms with Crippen LogP contribution in [0.15, 0.2) is 6.20 Å². The molecule has 0 saturated carbocycles.